The standard InChI is InChI=1S/C7H5ClN4O2/c1-2-9-3-4(6(8)10-2)11-12-5(3)7(13)14/h1H3,(H,11,12)(H,13,14). The van der Waals surface area contributed by atoms with Crippen molar-refractivity contribution in [2.45, 2.75) is 6.92 Å². The Morgan fingerprint density at radius 1 is 1.43 bits per heavy atom. The number of nitrogens with zero attached hydrogens (tertiary/aromatic N) is 3. The Morgan fingerprint density at radius 3 is 2.79 bits per heavy atom. The van der Waals surface area contributed by atoms with Crippen molar-refractivity contribution in [3.63, 3.8) is 0 Å². The monoisotopic (exact) mass is 212 g/mol. The molecule has 2 aromatic rings. The van der Waals surface area contributed by atoms with Crippen molar-refractivity contribution in [3.8, 4) is 0 Å². The summed E-state index contributed by atoms with van der Waals surface area (Å²) in [6, 6.07) is 0. The van der Waals surface area contributed by atoms with Gasteiger partial charge < -0.3 is 5.11 Å². The van der Waals surface area contributed by atoms with Crippen molar-refractivity contribution in [1.29, 1.82) is 0 Å². The van der Waals surface area contributed by atoms with Crippen LogP contribution < -0.4 is 0 Å². The van der Waals surface area contributed by atoms with Crippen LogP contribution in [0.1, 0.15) is 16.3 Å². The van der Waals surface area contributed by atoms with Gasteiger partial charge in [0.25, 0.3) is 0 Å². The molecule has 0 aliphatic rings. The molecular weight excluding hydrogens is 208 g/mol. The van der Waals surface area contributed by atoms with Gasteiger partial charge in [-0.2, -0.15) is 5.10 Å². The lowest BCUT2D eigenvalue weighted by atomic mass is 10.3. The van der Waals surface area contributed by atoms with Gasteiger partial charge in [0, 0.05) is 0 Å². The smallest absolute Gasteiger partial charge is 0.356 e. The van der Waals surface area contributed by atoms with Crippen LogP contribution in [0.25, 0.3) is 11.0 Å². The summed E-state index contributed by atoms with van der Waals surface area (Å²) in [6.07, 6.45) is 0. The van der Waals surface area contributed by atoms with Crippen molar-refractivity contribution >= 4 is 28.6 Å². The number of carbonyl (C=O) groups is 1. The molecule has 0 aliphatic carbocycles. The Morgan fingerprint density at radius 2 is 2.14 bits per heavy atom. The van der Waals surface area contributed by atoms with Gasteiger partial charge in [-0.05, 0) is 6.92 Å². The predicted molar refractivity (Wildman–Crippen MR) is 48.4 cm³/mol. The molecule has 0 fully saturated rings. The maximum Gasteiger partial charge on any atom is 0.356 e. The van der Waals surface area contributed by atoms with Crippen LogP contribution in [-0.4, -0.2) is 31.2 Å². The summed E-state index contributed by atoms with van der Waals surface area (Å²) < 4.78 is 0. The van der Waals surface area contributed by atoms with Gasteiger partial charge in [-0.25, -0.2) is 14.8 Å². The average molecular weight is 213 g/mol. The van der Waals surface area contributed by atoms with E-state index in [1.807, 2.05) is 0 Å². The summed E-state index contributed by atoms with van der Waals surface area (Å²) in [5.74, 6) is -0.715. The van der Waals surface area contributed by atoms with Crippen LogP contribution in [0.5, 0.6) is 0 Å². The van der Waals surface area contributed by atoms with Crippen LogP contribution in [0.4, 0.5) is 0 Å². The molecule has 72 valence electrons. The Bertz CT molecular complexity index is 522. The fraction of sp³-hybridized carbons (Fsp3) is 0.143. The molecule has 2 rings (SSSR count). The van der Waals surface area contributed by atoms with E-state index in [-0.39, 0.29) is 21.9 Å². The number of aryl methyl sites for hydroxylation is 1. The van der Waals surface area contributed by atoms with Gasteiger partial charge in [-0.3, -0.25) is 5.10 Å². The number of nitrogens with one attached hydrogen (secondary N) is 1. The number of aromatic amines is 1. The Labute approximate surface area is 82.9 Å². The predicted octanol–water partition coefficient (Wildman–Crippen LogP) is 1.01. The molecule has 0 atom stereocenters. The number of carboxylic acids is 1. The molecule has 0 aliphatic heterocycles. The van der Waals surface area contributed by atoms with Crippen LogP contribution in [0, 0.1) is 6.92 Å². The highest BCUT2D eigenvalue weighted by Gasteiger charge is 2.16. The van der Waals surface area contributed by atoms with E-state index in [4.69, 9.17) is 16.7 Å². The summed E-state index contributed by atoms with van der Waals surface area (Å²) in [5, 5.41) is 15.0. The number of carboxylic acid groups (broad SMARTS) is 1. The highest BCUT2D eigenvalue weighted by molar-refractivity contribution is 6.33. The van der Waals surface area contributed by atoms with E-state index >= 15 is 0 Å². The van der Waals surface area contributed by atoms with E-state index in [2.05, 4.69) is 20.2 Å². The second-order valence-electron chi connectivity index (χ2n) is 2.66. The number of hydrogen-bond donors (Lipinski definition) is 2. The second-order valence-corrected chi connectivity index (χ2v) is 3.02. The fourth-order valence-corrected chi connectivity index (χ4v) is 1.37. The van der Waals surface area contributed by atoms with Gasteiger partial charge in [-0.1, -0.05) is 11.6 Å². The molecule has 0 unspecified atom stereocenters. The van der Waals surface area contributed by atoms with E-state index in [9.17, 15) is 4.79 Å². The molecule has 0 spiro atoms. The molecular formula is C7H5ClN4O2. The first-order valence-electron chi connectivity index (χ1n) is 3.71. The SMILES string of the molecule is Cc1nc(Cl)c2n[nH]c(C(=O)O)c2n1. The van der Waals surface area contributed by atoms with Crippen LogP contribution in [-0.2, 0) is 0 Å². The number of rotatable bonds is 1. The molecule has 0 aromatic carbocycles. The van der Waals surface area contributed by atoms with Crippen molar-refractivity contribution in [2.24, 2.45) is 0 Å². The van der Waals surface area contributed by atoms with E-state index in [0.29, 0.717) is 5.82 Å². The number of H-pyrrole nitrogens is 1. The van der Waals surface area contributed by atoms with E-state index in [1.165, 1.54) is 0 Å². The molecule has 6 nitrogen and oxygen atoms in total. The third-order valence-corrected chi connectivity index (χ3v) is 1.95. The van der Waals surface area contributed by atoms with Crippen LogP contribution in [0.3, 0.4) is 0 Å². The third kappa shape index (κ3) is 1.20. The summed E-state index contributed by atoms with van der Waals surface area (Å²) in [6.45, 7) is 1.63. The zero-order valence-electron chi connectivity index (χ0n) is 7.08. The van der Waals surface area contributed by atoms with Gasteiger partial charge in [0.15, 0.2) is 10.8 Å². The van der Waals surface area contributed by atoms with Crippen molar-refractivity contribution in [1.82, 2.24) is 20.2 Å². The molecule has 2 N–H and O–H groups in total. The maximum atomic E-state index is 10.7. The van der Waals surface area contributed by atoms with Crippen LogP contribution in [0.15, 0.2) is 0 Å². The van der Waals surface area contributed by atoms with E-state index in [0.717, 1.165) is 0 Å². The number of aromatic carboxylic acids is 1. The van der Waals surface area contributed by atoms with E-state index < -0.39 is 5.97 Å². The maximum absolute atomic E-state index is 10.7. The highest BCUT2D eigenvalue weighted by atomic mass is 35.5. The van der Waals surface area contributed by atoms with Gasteiger partial charge in [0.1, 0.15) is 16.9 Å². The summed E-state index contributed by atoms with van der Waals surface area (Å²) >= 11 is 5.75. The molecule has 7 heteroatoms. The van der Waals surface area contributed by atoms with Gasteiger partial charge in [0.2, 0.25) is 0 Å². The first-order valence-corrected chi connectivity index (χ1v) is 4.09. The number of halogens is 1. The van der Waals surface area contributed by atoms with Crippen molar-refractivity contribution in [3.05, 3.63) is 16.7 Å². The number of fused-ring (bicyclic) bond motifs is 1. The molecule has 2 aromatic heterocycles. The van der Waals surface area contributed by atoms with Crippen molar-refractivity contribution < 1.29 is 9.90 Å². The topological polar surface area (TPSA) is 91.8 Å². The largest absolute Gasteiger partial charge is 0.476 e. The number of aromatic nitrogens is 4. The van der Waals surface area contributed by atoms with Crippen molar-refractivity contribution in [2.75, 3.05) is 0 Å². The highest BCUT2D eigenvalue weighted by Crippen LogP contribution is 2.20. The van der Waals surface area contributed by atoms with Crippen LogP contribution >= 0.6 is 11.6 Å². The molecule has 0 radical (unpaired) electrons. The second kappa shape index (κ2) is 2.91. The molecule has 0 saturated heterocycles. The minimum Gasteiger partial charge on any atom is -0.476 e. The normalized spacial score (nSPS) is 10.7. The lowest BCUT2D eigenvalue weighted by molar-refractivity contribution is 0.0692. The summed E-state index contributed by atoms with van der Waals surface area (Å²) in [5.41, 5.74) is 0.428. The van der Waals surface area contributed by atoms with Gasteiger partial charge >= 0.3 is 5.97 Å². The minimum atomic E-state index is -1.12. The minimum absolute atomic E-state index is 0.0765. The van der Waals surface area contributed by atoms with Crippen LogP contribution in [0.2, 0.25) is 5.15 Å². The third-order valence-electron chi connectivity index (χ3n) is 1.68. The Balaban J connectivity index is 2.85. The van der Waals surface area contributed by atoms with Gasteiger partial charge in [-0.15, -0.1) is 0 Å². The zero-order valence-corrected chi connectivity index (χ0v) is 7.83. The molecule has 2 heterocycles. The number of hydrogen-bond acceptors (Lipinski definition) is 4. The fourth-order valence-electron chi connectivity index (χ4n) is 1.12. The lowest BCUT2D eigenvalue weighted by Gasteiger charge is -1.94. The Kier molecular flexibility index (Phi) is 1.85. The lowest BCUT2D eigenvalue weighted by Crippen LogP contribution is -1.99. The first kappa shape index (κ1) is 8.89. The first-order chi connectivity index (χ1) is 6.59. The Hall–Kier alpha value is -1.69. The zero-order chi connectivity index (χ0) is 10.3. The summed E-state index contributed by atoms with van der Waals surface area (Å²) in [4.78, 5) is 18.5. The van der Waals surface area contributed by atoms with E-state index in [1.54, 1.807) is 6.92 Å². The molecule has 14 heavy (non-hydrogen) atoms. The molecule has 0 amide bonds. The van der Waals surface area contributed by atoms with Gasteiger partial charge in [0.05, 0.1) is 0 Å². The quantitative estimate of drug-likeness (QED) is 0.689. The molecule has 0 saturated carbocycles. The summed E-state index contributed by atoms with van der Waals surface area (Å²) in [7, 11) is 0. The molecule has 0 bridgehead atoms. The average Bonchev–Trinajstić information content (AvgIpc) is 2.47.